The van der Waals surface area contributed by atoms with Gasteiger partial charge in [-0.15, -0.1) is 11.3 Å². The Balaban J connectivity index is 1.45. The molecule has 1 saturated carbocycles. The number of carbonyl (C=O) groups excluding carboxylic acids is 1. The molecular formula is C14H20N2O2S. The smallest absolute Gasteiger partial charge is 0.238 e. The van der Waals surface area contributed by atoms with Crippen molar-refractivity contribution in [2.45, 2.75) is 25.4 Å². The fourth-order valence-electron chi connectivity index (χ4n) is 2.37. The van der Waals surface area contributed by atoms with Crippen LogP contribution in [-0.2, 0) is 9.53 Å². The third-order valence-corrected chi connectivity index (χ3v) is 4.55. The van der Waals surface area contributed by atoms with Crippen LogP contribution in [0.5, 0.6) is 0 Å². The highest BCUT2D eigenvalue weighted by Crippen LogP contribution is 2.29. The van der Waals surface area contributed by atoms with Gasteiger partial charge in [0.25, 0.3) is 0 Å². The largest absolute Gasteiger partial charge is 0.381 e. The van der Waals surface area contributed by atoms with Crippen LogP contribution in [0.3, 0.4) is 0 Å². The summed E-state index contributed by atoms with van der Waals surface area (Å²) in [6.45, 7) is 2.89. The number of ether oxygens (including phenoxy) is 1. The van der Waals surface area contributed by atoms with Gasteiger partial charge in [-0.05, 0) is 36.6 Å². The number of thiophene rings is 1. The lowest BCUT2D eigenvalue weighted by atomic mass is 10.3. The van der Waals surface area contributed by atoms with Crippen LogP contribution < -0.4 is 5.32 Å². The van der Waals surface area contributed by atoms with E-state index in [1.165, 1.54) is 17.7 Å². The van der Waals surface area contributed by atoms with Crippen molar-refractivity contribution in [2.75, 3.05) is 26.3 Å². The van der Waals surface area contributed by atoms with Crippen molar-refractivity contribution in [1.82, 2.24) is 10.2 Å². The molecule has 2 fully saturated rings. The van der Waals surface area contributed by atoms with E-state index in [0.717, 1.165) is 32.1 Å². The van der Waals surface area contributed by atoms with E-state index in [4.69, 9.17) is 4.74 Å². The minimum absolute atomic E-state index is 0.0657. The van der Waals surface area contributed by atoms with E-state index in [1.54, 1.807) is 11.3 Å². The number of amides is 1. The van der Waals surface area contributed by atoms with Crippen LogP contribution in [-0.4, -0.2) is 37.1 Å². The molecular weight excluding hydrogens is 260 g/mol. The van der Waals surface area contributed by atoms with Gasteiger partial charge in [-0.1, -0.05) is 6.07 Å². The molecule has 0 spiro atoms. The Bertz CT molecular complexity index is 417. The molecule has 1 saturated heterocycles. The van der Waals surface area contributed by atoms with Crippen molar-refractivity contribution in [3.8, 4) is 0 Å². The summed E-state index contributed by atoms with van der Waals surface area (Å²) in [7, 11) is 0. The second kappa shape index (κ2) is 6.03. The molecule has 2 heterocycles. The van der Waals surface area contributed by atoms with E-state index < -0.39 is 0 Å². The molecule has 0 radical (unpaired) electrons. The van der Waals surface area contributed by atoms with E-state index in [1.807, 2.05) is 11.0 Å². The predicted molar refractivity (Wildman–Crippen MR) is 74.9 cm³/mol. The highest BCUT2D eigenvalue weighted by Gasteiger charge is 2.31. The predicted octanol–water partition coefficient (Wildman–Crippen LogP) is 2.00. The Kier molecular flexibility index (Phi) is 4.15. The second-order valence-corrected chi connectivity index (χ2v) is 6.24. The topological polar surface area (TPSA) is 41.6 Å². The van der Waals surface area contributed by atoms with Gasteiger partial charge in [-0.25, -0.2) is 0 Å². The quantitative estimate of drug-likeness (QED) is 0.777. The van der Waals surface area contributed by atoms with Crippen molar-refractivity contribution in [1.29, 1.82) is 0 Å². The monoisotopic (exact) mass is 280 g/mol. The van der Waals surface area contributed by atoms with Gasteiger partial charge in [0.1, 0.15) is 6.17 Å². The number of hydrogen-bond donors (Lipinski definition) is 1. The molecule has 1 aromatic rings. The normalized spacial score (nSPS) is 23.3. The fourth-order valence-corrected chi connectivity index (χ4v) is 3.18. The first-order valence-corrected chi connectivity index (χ1v) is 7.86. The van der Waals surface area contributed by atoms with Gasteiger partial charge < -0.3 is 9.64 Å². The molecule has 3 rings (SSSR count). The number of nitrogens with one attached hydrogen (secondary N) is 1. The maximum Gasteiger partial charge on any atom is 0.238 e. The molecule has 1 atom stereocenters. The Morgan fingerprint density at radius 3 is 3.11 bits per heavy atom. The molecule has 0 aromatic carbocycles. The van der Waals surface area contributed by atoms with Crippen LogP contribution in [0.15, 0.2) is 17.5 Å². The van der Waals surface area contributed by atoms with Gasteiger partial charge in [0.2, 0.25) is 5.91 Å². The number of nitrogens with zero attached hydrogens (tertiary/aromatic N) is 1. The van der Waals surface area contributed by atoms with Crippen molar-refractivity contribution in [3.05, 3.63) is 22.4 Å². The second-order valence-electron chi connectivity index (χ2n) is 5.26. The average Bonchev–Trinajstić information content (AvgIpc) is 2.93. The summed E-state index contributed by atoms with van der Waals surface area (Å²) >= 11 is 1.69. The minimum Gasteiger partial charge on any atom is -0.381 e. The Morgan fingerprint density at radius 2 is 2.37 bits per heavy atom. The summed E-state index contributed by atoms with van der Waals surface area (Å²) in [5.41, 5.74) is 0. The SMILES string of the molecule is O=C1CNC(c2cccs2)N1CCCOCC1CC1. The van der Waals surface area contributed by atoms with Crippen LogP contribution in [0.2, 0.25) is 0 Å². The molecule has 19 heavy (non-hydrogen) atoms. The van der Waals surface area contributed by atoms with E-state index in [0.29, 0.717) is 6.54 Å². The molecule has 5 heteroatoms. The fraction of sp³-hybridized carbons (Fsp3) is 0.643. The number of rotatable bonds is 7. The first-order valence-electron chi connectivity index (χ1n) is 6.98. The highest BCUT2D eigenvalue weighted by atomic mass is 32.1. The Morgan fingerprint density at radius 1 is 1.47 bits per heavy atom. The molecule has 4 nitrogen and oxygen atoms in total. The first kappa shape index (κ1) is 13.1. The van der Waals surface area contributed by atoms with E-state index in [9.17, 15) is 4.79 Å². The molecule has 1 amide bonds. The Hall–Kier alpha value is -0.910. The molecule has 1 N–H and O–H groups in total. The minimum atomic E-state index is 0.0657. The van der Waals surface area contributed by atoms with Gasteiger partial charge in [-0.3, -0.25) is 10.1 Å². The molecule has 0 bridgehead atoms. The maximum atomic E-state index is 11.9. The van der Waals surface area contributed by atoms with E-state index in [2.05, 4.69) is 16.8 Å². The van der Waals surface area contributed by atoms with Gasteiger partial charge in [0.05, 0.1) is 6.54 Å². The molecule has 104 valence electrons. The summed E-state index contributed by atoms with van der Waals surface area (Å²) in [5, 5.41) is 5.33. The lowest BCUT2D eigenvalue weighted by molar-refractivity contribution is -0.128. The van der Waals surface area contributed by atoms with Gasteiger partial charge >= 0.3 is 0 Å². The van der Waals surface area contributed by atoms with Gasteiger partial charge in [0, 0.05) is 24.6 Å². The molecule has 1 aliphatic heterocycles. The summed E-state index contributed by atoms with van der Waals surface area (Å²) in [6, 6.07) is 4.11. The zero-order valence-corrected chi connectivity index (χ0v) is 11.8. The lowest BCUT2D eigenvalue weighted by Gasteiger charge is -2.23. The molecule has 1 aromatic heterocycles. The third-order valence-electron chi connectivity index (χ3n) is 3.63. The maximum absolute atomic E-state index is 11.9. The van der Waals surface area contributed by atoms with Crippen LogP contribution in [0, 0.1) is 5.92 Å². The van der Waals surface area contributed by atoms with Crippen molar-refractivity contribution in [2.24, 2.45) is 5.92 Å². The lowest BCUT2D eigenvalue weighted by Crippen LogP contribution is -2.31. The third kappa shape index (κ3) is 3.35. The molecule has 1 aliphatic carbocycles. The van der Waals surface area contributed by atoms with Crippen molar-refractivity contribution < 1.29 is 9.53 Å². The summed E-state index contributed by atoms with van der Waals surface area (Å²) in [6.07, 6.45) is 3.64. The van der Waals surface area contributed by atoms with Crippen LogP contribution >= 0.6 is 11.3 Å². The number of carbonyl (C=O) groups is 1. The first-order chi connectivity index (χ1) is 9.34. The summed E-state index contributed by atoms with van der Waals surface area (Å²) in [5.74, 6) is 1.01. The zero-order valence-electron chi connectivity index (χ0n) is 11.0. The summed E-state index contributed by atoms with van der Waals surface area (Å²) < 4.78 is 5.62. The van der Waals surface area contributed by atoms with Crippen molar-refractivity contribution >= 4 is 17.2 Å². The number of hydrogen-bond acceptors (Lipinski definition) is 4. The van der Waals surface area contributed by atoms with Gasteiger partial charge in [0.15, 0.2) is 0 Å². The van der Waals surface area contributed by atoms with E-state index >= 15 is 0 Å². The molecule has 1 unspecified atom stereocenters. The summed E-state index contributed by atoms with van der Waals surface area (Å²) in [4.78, 5) is 15.0. The molecule has 2 aliphatic rings. The average molecular weight is 280 g/mol. The zero-order chi connectivity index (χ0) is 13.1. The van der Waals surface area contributed by atoms with Crippen LogP contribution in [0.25, 0.3) is 0 Å². The van der Waals surface area contributed by atoms with E-state index in [-0.39, 0.29) is 12.1 Å². The van der Waals surface area contributed by atoms with Crippen molar-refractivity contribution in [3.63, 3.8) is 0 Å². The van der Waals surface area contributed by atoms with Gasteiger partial charge in [-0.2, -0.15) is 0 Å². The Labute approximate surface area is 117 Å². The highest BCUT2D eigenvalue weighted by molar-refractivity contribution is 7.10. The van der Waals surface area contributed by atoms with Crippen LogP contribution in [0.1, 0.15) is 30.3 Å². The van der Waals surface area contributed by atoms with Crippen LogP contribution in [0.4, 0.5) is 0 Å². The standard InChI is InChI=1S/C14H20N2O2S/c17-13-9-15-14(12-3-1-8-19-12)16(13)6-2-7-18-10-11-4-5-11/h1,3,8,11,14-15H,2,4-7,9-10H2.